The molecule has 2 aliphatic rings. The topological polar surface area (TPSA) is 123 Å². The predicted molar refractivity (Wildman–Crippen MR) is 201 cm³/mol. The van der Waals surface area contributed by atoms with Crippen molar-refractivity contribution in [2.75, 3.05) is 58.3 Å². The van der Waals surface area contributed by atoms with Crippen molar-refractivity contribution >= 4 is 58.5 Å². The van der Waals surface area contributed by atoms with Gasteiger partial charge in [-0.15, -0.1) is 12.4 Å². The molecule has 0 radical (unpaired) electrons. The van der Waals surface area contributed by atoms with Crippen molar-refractivity contribution in [3.05, 3.63) is 111 Å². The fourth-order valence-electron chi connectivity index (χ4n) is 6.39. The Morgan fingerprint density at radius 1 is 0.980 bits per heavy atom. The molecule has 0 bridgehead atoms. The second kappa shape index (κ2) is 16.9. The summed E-state index contributed by atoms with van der Waals surface area (Å²) in [5, 5.41) is 11.9. The smallest absolute Gasteiger partial charge is 0.267 e. The SMILES string of the molecule is CN(C)CCCNC(=O)c1ccc(/C=C2\CCn3c2nc2cc(N4CCN(Cc5ccc(/C=C/C(=O)NO)cc5)CC4)c(F)cc2c3=O)cc1.Cl. The molecule has 11 nitrogen and oxygen atoms in total. The summed E-state index contributed by atoms with van der Waals surface area (Å²) < 4.78 is 17.1. The number of hydroxylamine groups is 1. The number of piperazine rings is 1. The Hall–Kier alpha value is -4.88. The van der Waals surface area contributed by atoms with Crippen molar-refractivity contribution < 1.29 is 19.2 Å². The molecule has 0 atom stereocenters. The van der Waals surface area contributed by atoms with Gasteiger partial charge < -0.3 is 15.1 Å². The van der Waals surface area contributed by atoms with Crippen molar-refractivity contribution in [3.8, 4) is 0 Å². The van der Waals surface area contributed by atoms with Crippen LogP contribution in [-0.4, -0.2) is 89.7 Å². The number of hydrogen-bond acceptors (Lipinski definition) is 8. The van der Waals surface area contributed by atoms with Gasteiger partial charge in [-0.1, -0.05) is 36.4 Å². The average molecular weight is 716 g/mol. The number of carbonyl (C=O) groups is 2. The Morgan fingerprint density at radius 3 is 2.37 bits per heavy atom. The summed E-state index contributed by atoms with van der Waals surface area (Å²) in [5.41, 5.74) is 6.62. The summed E-state index contributed by atoms with van der Waals surface area (Å²) in [6, 6.07) is 18.2. The van der Waals surface area contributed by atoms with Crippen molar-refractivity contribution in [2.24, 2.45) is 0 Å². The highest BCUT2D eigenvalue weighted by Gasteiger charge is 2.25. The van der Waals surface area contributed by atoms with Crippen LogP contribution in [0.15, 0.2) is 71.5 Å². The number of hydrogen-bond donors (Lipinski definition) is 3. The summed E-state index contributed by atoms with van der Waals surface area (Å²) in [6.07, 6.45) is 6.39. The van der Waals surface area contributed by atoms with E-state index >= 15 is 4.39 Å². The summed E-state index contributed by atoms with van der Waals surface area (Å²) in [4.78, 5) is 48.5. The zero-order chi connectivity index (χ0) is 35.2. The lowest BCUT2D eigenvalue weighted by Crippen LogP contribution is -2.46. The van der Waals surface area contributed by atoms with Gasteiger partial charge >= 0.3 is 0 Å². The molecule has 51 heavy (non-hydrogen) atoms. The third kappa shape index (κ3) is 9.08. The molecule has 1 saturated heterocycles. The molecule has 4 aromatic rings. The Bertz CT molecular complexity index is 1990. The Morgan fingerprint density at radius 2 is 1.69 bits per heavy atom. The monoisotopic (exact) mass is 715 g/mol. The Labute approximate surface area is 302 Å². The lowest BCUT2D eigenvalue weighted by Gasteiger charge is -2.36. The van der Waals surface area contributed by atoms with E-state index in [9.17, 15) is 14.4 Å². The molecule has 3 aromatic carbocycles. The fourth-order valence-corrected chi connectivity index (χ4v) is 6.39. The van der Waals surface area contributed by atoms with Gasteiger partial charge in [0.2, 0.25) is 0 Å². The van der Waals surface area contributed by atoms with Crippen molar-refractivity contribution in [1.82, 2.24) is 30.1 Å². The van der Waals surface area contributed by atoms with Crippen LogP contribution in [0.4, 0.5) is 10.1 Å². The first-order valence-corrected chi connectivity index (χ1v) is 16.8. The van der Waals surface area contributed by atoms with Crippen LogP contribution < -0.4 is 21.3 Å². The summed E-state index contributed by atoms with van der Waals surface area (Å²) in [7, 11) is 4.01. The molecule has 0 spiro atoms. The molecule has 0 unspecified atom stereocenters. The van der Waals surface area contributed by atoms with E-state index in [0.29, 0.717) is 55.2 Å². The number of rotatable bonds is 11. The van der Waals surface area contributed by atoms with Crippen LogP contribution in [0.2, 0.25) is 0 Å². The summed E-state index contributed by atoms with van der Waals surface area (Å²) >= 11 is 0. The molecule has 2 amide bonds. The second-order valence-electron chi connectivity index (χ2n) is 13.0. The highest BCUT2D eigenvalue weighted by Crippen LogP contribution is 2.30. The molecule has 3 N–H and O–H groups in total. The standard InChI is InChI=1S/C38H42FN7O4.ClH/c1-43(2)16-3-15-40-37(48)29-11-8-27(9-12-29)22-30-14-17-46-36(30)41-33-24-34(32(39)23-31(33)38(46)49)45-20-18-44(19-21-45)25-28-6-4-26(5-7-28)10-13-35(47)42-50;/h4-13,22-24,50H,3,14-21,25H2,1-2H3,(H,40,48)(H,42,47);1H/b13-10+,30-22+;. The van der Waals surface area contributed by atoms with Crippen LogP contribution in [0, 0.1) is 5.82 Å². The maximum atomic E-state index is 15.5. The largest absolute Gasteiger partial charge is 0.367 e. The van der Waals surface area contributed by atoms with Gasteiger partial charge in [0.25, 0.3) is 17.4 Å². The first-order chi connectivity index (χ1) is 24.2. The van der Waals surface area contributed by atoms with Gasteiger partial charge in [-0.2, -0.15) is 0 Å². The number of nitrogens with one attached hydrogen (secondary N) is 2. The number of benzene rings is 3. The molecule has 0 aliphatic carbocycles. The normalized spacial score (nSPS) is 15.4. The zero-order valence-electron chi connectivity index (χ0n) is 28.8. The van der Waals surface area contributed by atoms with E-state index in [2.05, 4.69) is 15.1 Å². The number of aromatic nitrogens is 2. The summed E-state index contributed by atoms with van der Waals surface area (Å²) in [6.45, 7) is 5.45. The van der Waals surface area contributed by atoms with Gasteiger partial charge in [0.1, 0.15) is 11.6 Å². The van der Waals surface area contributed by atoms with Crippen LogP contribution in [0.25, 0.3) is 28.6 Å². The van der Waals surface area contributed by atoms with Gasteiger partial charge in [0.05, 0.1) is 16.6 Å². The Balaban J connectivity index is 0.00000504. The number of anilines is 1. The average Bonchev–Trinajstić information content (AvgIpc) is 3.52. The summed E-state index contributed by atoms with van der Waals surface area (Å²) in [5.74, 6) is -0.535. The number of halogens is 2. The first kappa shape index (κ1) is 37.4. The van der Waals surface area contributed by atoms with E-state index in [4.69, 9.17) is 10.2 Å². The molecule has 1 fully saturated rings. The minimum atomic E-state index is -0.587. The van der Waals surface area contributed by atoms with Gasteiger partial charge in [0, 0.05) is 57.5 Å². The quantitative estimate of drug-likeness (QED) is 0.0904. The lowest BCUT2D eigenvalue weighted by molar-refractivity contribution is -0.124. The third-order valence-corrected chi connectivity index (χ3v) is 9.13. The number of carbonyl (C=O) groups excluding carboxylic acids is 2. The van der Waals surface area contributed by atoms with Crippen LogP contribution in [0.3, 0.4) is 0 Å². The molecule has 3 heterocycles. The van der Waals surface area contributed by atoms with Gasteiger partial charge in [-0.05, 0) is 92.2 Å². The fraction of sp³-hybridized carbons (Fsp3) is 0.316. The van der Waals surface area contributed by atoms with Crippen LogP contribution >= 0.6 is 12.4 Å². The van der Waals surface area contributed by atoms with Crippen molar-refractivity contribution in [1.29, 1.82) is 0 Å². The second-order valence-corrected chi connectivity index (χ2v) is 13.0. The molecule has 13 heteroatoms. The number of nitrogens with zero attached hydrogens (tertiary/aromatic N) is 5. The first-order valence-electron chi connectivity index (χ1n) is 16.8. The van der Waals surface area contributed by atoms with Crippen molar-refractivity contribution in [3.63, 3.8) is 0 Å². The van der Waals surface area contributed by atoms with Crippen LogP contribution in [0.1, 0.15) is 45.7 Å². The predicted octanol–water partition coefficient (Wildman–Crippen LogP) is 4.42. The molecular formula is C38H43ClFN7O4. The minimum Gasteiger partial charge on any atom is -0.367 e. The molecule has 6 rings (SSSR count). The van der Waals surface area contributed by atoms with E-state index in [0.717, 1.165) is 54.9 Å². The van der Waals surface area contributed by atoms with E-state index < -0.39 is 11.7 Å². The molecule has 268 valence electrons. The minimum absolute atomic E-state index is 0. The molecular weight excluding hydrogens is 673 g/mol. The van der Waals surface area contributed by atoms with Crippen LogP contribution in [0.5, 0.6) is 0 Å². The molecule has 1 aromatic heterocycles. The van der Waals surface area contributed by atoms with Crippen molar-refractivity contribution in [2.45, 2.75) is 25.9 Å². The van der Waals surface area contributed by atoms with E-state index in [1.165, 1.54) is 12.1 Å². The highest BCUT2D eigenvalue weighted by molar-refractivity contribution is 5.95. The lowest BCUT2D eigenvalue weighted by atomic mass is 10.1. The highest BCUT2D eigenvalue weighted by atomic mass is 35.5. The zero-order valence-corrected chi connectivity index (χ0v) is 29.6. The number of allylic oxidation sites excluding steroid dienone is 1. The van der Waals surface area contributed by atoms with E-state index in [-0.39, 0.29) is 29.3 Å². The van der Waals surface area contributed by atoms with Gasteiger partial charge in [-0.3, -0.25) is 29.1 Å². The molecule has 0 saturated carbocycles. The molecule has 2 aliphatic heterocycles. The van der Waals surface area contributed by atoms with Gasteiger partial charge in [0.15, 0.2) is 0 Å². The Kier molecular flexibility index (Phi) is 12.4. The van der Waals surface area contributed by atoms with Crippen LogP contribution in [-0.2, 0) is 17.9 Å². The number of fused-ring (bicyclic) bond motifs is 2. The van der Waals surface area contributed by atoms with E-state index in [1.54, 1.807) is 34.3 Å². The third-order valence-electron chi connectivity index (χ3n) is 9.13. The van der Waals surface area contributed by atoms with E-state index in [1.807, 2.05) is 61.5 Å². The van der Waals surface area contributed by atoms with Gasteiger partial charge in [-0.25, -0.2) is 14.9 Å². The maximum absolute atomic E-state index is 15.5. The number of amides is 2. The maximum Gasteiger partial charge on any atom is 0.267 e.